The molecule has 0 bridgehead atoms. The van der Waals surface area contributed by atoms with Crippen LogP contribution in [0.4, 0.5) is 0 Å². The van der Waals surface area contributed by atoms with Gasteiger partial charge in [0, 0.05) is 60.3 Å². The summed E-state index contributed by atoms with van der Waals surface area (Å²) >= 11 is 0. The molecule has 0 N–H and O–H groups in total. The van der Waals surface area contributed by atoms with E-state index in [1.54, 1.807) is 0 Å². The van der Waals surface area contributed by atoms with Gasteiger partial charge in [0.1, 0.15) is 0 Å². The molecule has 0 spiro atoms. The summed E-state index contributed by atoms with van der Waals surface area (Å²) in [5.41, 5.74) is 0. The molecule has 19 valence electrons. The summed E-state index contributed by atoms with van der Waals surface area (Å²) in [7, 11) is 0. The summed E-state index contributed by atoms with van der Waals surface area (Å²) in [6.07, 6.45) is 0. The summed E-state index contributed by atoms with van der Waals surface area (Å²) in [6.45, 7) is 0. The van der Waals surface area contributed by atoms with Gasteiger partial charge in [-0.05, 0) is 0 Å². The molecule has 4 heteroatoms. The largest absolute Gasteiger partial charge is 0.316 e. The van der Waals surface area contributed by atoms with Crippen molar-refractivity contribution in [2.75, 3.05) is 0 Å². The van der Waals surface area contributed by atoms with Crippen LogP contribution in [0, 0.1) is 41.7 Å². The third kappa shape index (κ3) is 8.98. The Labute approximate surface area is 98.4 Å². The van der Waals surface area contributed by atoms with E-state index >= 15 is 0 Å². The Morgan fingerprint density at radius 2 is 1.00 bits per heavy atom. The van der Waals surface area contributed by atoms with E-state index in [9.17, 15) is 0 Å². The van der Waals surface area contributed by atoms with E-state index in [1.807, 2.05) is 0 Å². The predicted octanol–water partition coefficient (Wildman–Crippen LogP) is -2.10. The average Bonchev–Trinajstić information content (AvgIpc) is 0. The summed E-state index contributed by atoms with van der Waals surface area (Å²) < 4.78 is 0. The fourth-order valence-corrected chi connectivity index (χ4v) is 0. The van der Waals surface area contributed by atoms with Crippen molar-refractivity contribution in [1.82, 2.24) is 0 Å². The second-order valence-corrected chi connectivity index (χ2v) is 0. The molecular formula is H5AlCeMgV. The SMILES string of the molecule is [AlH3].[Ce].[MgH2].[V]. The van der Waals surface area contributed by atoms with Crippen molar-refractivity contribution >= 4 is 40.4 Å². The fraction of sp³-hybridized carbons (Fsp3) is 0. The third-order valence-corrected chi connectivity index (χ3v) is 0. The molecule has 0 fully saturated rings. The van der Waals surface area contributed by atoms with Crippen molar-refractivity contribution in [3.8, 4) is 0 Å². The maximum absolute atomic E-state index is 0. The zero-order chi connectivity index (χ0) is 0. The van der Waals surface area contributed by atoms with Gasteiger partial charge in [-0.3, -0.25) is 0 Å². The van der Waals surface area contributed by atoms with Gasteiger partial charge in [0.05, 0.1) is 0 Å². The Kier molecular flexibility index (Phi) is 109. The number of rotatable bonds is 0. The zero-order valence-electron chi connectivity index (χ0n) is 0.947. The predicted molar refractivity (Wildman–Crippen MR) is 18.5 cm³/mol. The van der Waals surface area contributed by atoms with Gasteiger partial charge < -0.3 is 0 Å². The van der Waals surface area contributed by atoms with Crippen LogP contribution < -0.4 is 0 Å². The summed E-state index contributed by atoms with van der Waals surface area (Å²) in [5.74, 6) is 0. The van der Waals surface area contributed by atoms with Crippen LogP contribution in [0.5, 0.6) is 0 Å². The average molecular weight is 247 g/mol. The first-order chi connectivity index (χ1) is 0. The van der Waals surface area contributed by atoms with Crippen LogP contribution in [-0.4, -0.2) is 40.4 Å². The smallest absolute Gasteiger partial charge is 0 e. The molecule has 0 aliphatic carbocycles. The molecule has 0 aliphatic rings. The Morgan fingerprint density at radius 3 is 1.00 bits per heavy atom. The van der Waals surface area contributed by atoms with Crippen molar-refractivity contribution in [3.63, 3.8) is 0 Å². The van der Waals surface area contributed by atoms with E-state index in [0.29, 0.717) is 0 Å². The van der Waals surface area contributed by atoms with E-state index < -0.39 is 0 Å². The van der Waals surface area contributed by atoms with Crippen LogP contribution in [0.25, 0.3) is 0 Å². The van der Waals surface area contributed by atoms with Crippen molar-refractivity contribution in [2.45, 2.75) is 0 Å². The first-order valence-electron chi connectivity index (χ1n) is 0. The van der Waals surface area contributed by atoms with Gasteiger partial charge in [0.25, 0.3) is 0 Å². The van der Waals surface area contributed by atoms with Gasteiger partial charge in [-0.1, -0.05) is 0 Å². The molecule has 0 aromatic heterocycles. The standard InChI is InChI=1S/Al.Ce.Mg.V.5H. The van der Waals surface area contributed by atoms with Gasteiger partial charge in [0.15, 0.2) is 17.4 Å². The van der Waals surface area contributed by atoms with E-state index in [0.717, 1.165) is 0 Å². The normalized spacial score (nSPS) is 0. The molecule has 0 nitrogen and oxygen atoms in total. The molecule has 0 amide bonds. The minimum atomic E-state index is 0. The molecule has 0 aliphatic heterocycles. The Balaban J connectivity index is 0. The fourth-order valence-electron chi connectivity index (χ4n) is 0. The molecule has 1 radical (unpaired) electrons. The molecule has 0 atom stereocenters. The minimum absolute atomic E-state index is 0. The van der Waals surface area contributed by atoms with Gasteiger partial charge in [0.2, 0.25) is 0 Å². The Hall–Kier alpha value is 3.26. The van der Waals surface area contributed by atoms with Crippen LogP contribution in [0.2, 0.25) is 0 Å². The molecule has 0 unspecified atom stereocenters. The molecule has 0 heterocycles. The van der Waals surface area contributed by atoms with Crippen molar-refractivity contribution in [3.05, 3.63) is 0 Å². The third-order valence-electron chi connectivity index (χ3n) is 0. The summed E-state index contributed by atoms with van der Waals surface area (Å²) in [5, 5.41) is 0. The van der Waals surface area contributed by atoms with Gasteiger partial charge in [-0.25, -0.2) is 0 Å². The zero-order valence-corrected chi connectivity index (χ0v) is 5.48. The summed E-state index contributed by atoms with van der Waals surface area (Å²) in [4.78, 5) is 0. The van der Waals surface area contributed by atoms with Crippen LogP contribution in [0.15, 0.2) is 0 Å². The monoisotopic (exact) mass is 247 g/mol. The molecule has 0 aromatic rings. The molecular weight excluding hydrogens is 242 g/mol. The topological polar surface area (TPSA) is 0 Å². The number of hydrogen-bond acceptors (Lipinski definition) is 0. The van der Waals surface area contributed by atoms with Crippen molar-refractivity contribution in [2.24, 2.45) is 0 Å². The first kappa shape index (κ1) is 26.8. The van der Waals surface area contributed by atoms with Crippen LogP contribution in [-0.2, 0) is 18.6 Å². The van der Waals surface area contributed by atoms with Gasteiger partial charge >= 0.3 is 23.1 Å². The van der Waals surface area contributed by atoms with Crippen molar-refractivity contribution < 1.29 is 60.3 Å². The minimum Gasteiger partial charge on any atom is 0 e. The van der Waals surface area contributed by atoms with Crippen LogP contribution in [0.3, 0.4) is 0 Å². The molecule has 0 rings (SSSR count). The Morgan fingerprint density at radius 1 is 1.00 bits per heavy atom. The Bertz CT molecular complexity index is 8.00. The van der Waals surface area contributed by atoms with Gasteiger partial charge in [-0.2, -0.15) is 0 Å². The maximum atomic E-state index is 0. The molecule has 0 saturated heterocycles. The maximum Gasteiger partial charge on any atom is 0.316 e. The molecule has 0 saturated carbocycles. The van der Waals surface area contributed by atoms with Crippen LogP contribution in [0.1, 0.15) is 0 Å². The van der Waals surface area contributed by atoms with E-state index in [1.165, 1.54) is 0 Å². The quantitative estimate of drug-likeness (QED) is 0.430. The van der Waals surface area contributed by atoms with E-state index in [-0.39, 0.29) is 101 Å². The second kappa shape index (κ2) is 16.3. The van der Waals surface area contributed by atoms with Crippen LogP contribution >= 0.6 is 0 Å². The molecule has 0 aromatic carbocycles. The van der Waals surface area contributed by atoms with E-state index in [2.05, 4.69) is 0 Å². The number of hydrogen-bond donors (Lipinski definition) is 0. The summed E-state index contributed by atoms with van der Waals surface area (Å²) in [6, 6.07) is 0. The first-order valence-corrected chi connectivity index (χ1v) is 0. The van der Waals surface area contributed by atoms with Gasteiger partial charge in [-0.15, -0.1) is 0 Å². The van der Waals surface area contributed by atoms with Crippen molar-refractivity contribution in [1.29, 1.82) is 0 Å². The molecule has 4 heavy (non-hydrogen) atoms. The van der Waals surface area contributed by atoms with E-state index in [4.69, 9.17) is 0 Å². The second-order valence-electron chi connectivity index (χ2n) is 0.